The Labute approximate surface area is 85.3 Å². The number of rotatable bonds is 2. The van der Waals surface area contributed by atoms with Crippen LogP contribution < -0.4 is 10.6 Å². The van der Waals surface area contributed by atoms with Gasteiger partial charge in [0.1, 0.15) is 0 Å². The van der Waals surface area contributed by atoms with E-state index in [4.69, 9.17) is 5.73 Å². The largest absolute Gasteiger partial charge is 0.370 e. The number of hydrogen-bond acceptors (Lipinski definition) is 1. The SMILES string of the molecule is CCc1ccc(N(C)C(N)=NC)cc1. The van der Waals surface area contributed by atoms with Gasteiger partial charge in [0.2, 0.25) is 0 Å². The zero-order valence-electron chi connectivity index (χ0n) is 8.99. The molecule has 0 spiro atoms. The van der Waals surface area contributed by atoms with Crippen molar-refractivity contribution >= 4 is 11.6 Å². The van der Waals surface area contributed by atoms with E-state index in [1.54, 1.807) is 7.05 Å². The topological polar surface area (TPSA) is 41.6 Å². The molecule has 3 heteroatoms. The minimum atomic E-state index is 0.522. The van der Waals surface area contributed by atoms with Crippen LogP contribution >= 0.6 is 0 Å². The molecule has 3 nitrogen and oxygen atoms in total. The summed E-state index contributed by atoms with van der Waals surface area (Å²) in [5, 5.41) is 0. The molecule has 0 aliphatic rings. The molecular formula is C11H17N3. The lowest BCUT2D eigenvalue weighted by Crippen LogP contribution is -2.33. The van der Waals surface area contributed by atoms with Crippen molar-refractivity contribution in [3.8, 4) is 0 Å². The van der Waals surface area contributed by atoms with E-state index >= 15 is 0 Å². The number of aliphatic imine (C=N–C) groups is 1. The van der Waals surface area contributed by atoms with E-state index in [0.29, 0.717) is 5.96 Å². The number of benzene rings is 1. The van der Waals surface area contributed by atoms with Crippen molar-refractivity contribution in [3.63, 3.8) is 0 Å². The first-order valence-electron chi connectivity index (χ1n) is 4.74. The summed E-state index contributed by atoms with van der Waals surface area (Å²) < 4.78 is 0. The van der Waals surface area contributed by atoms with Gasteiger partial charge in [-0.25, -0.2) is 0 Å². The fourth-order valence-electron chi connectivity index (χ4n) is 1.24. The Hall–Kier alpha value is -1.51. The molecule has 0 fully saturated rings. The Balaban J connectivity index is 2.86. The molecule has 1 rings (SSSR count). The van der Waals surface area contributed by atoms with Gasteiger partial charge < -0.3 is 10.6 Å². The number of guanidine groups is 1. The second kappa shape index (κ2) is 4.65. The van der Waals surface area contributed by atoms with Crippen LogP contribution in [0.4, 0.5) is 5.69 Å². The fraction of sp³-hybridized carbons (Fsp3) is 0.364. The minimum Gasteiger partial charge on any atom is -0.370 e. The minimum absolute atomic E-state index is 0.522. The van der Waals surface area contributed by atoms with Crippen LogP contribution in [0.1, 0.15) is 12.5 Å². The summed E-state index contributed by atoms with van der Waals surface area (Å²) in [5.74, 6) is 0.522. The number of anilines is 1. The molecule has 0 aliphatic heterocycles. The van der Waals surface area contributed by atoms with E-state index in [1.165, 1.54) is 5.56 Å². The number of nitrogens with two attached hydrogens (primary N) is 1. The van der Waals surface area contributed by atoms with Crippen LogP contribution in [-0.2, 0) is 6.42 Å². The van der Waals surface area contributed by atoms with Crippen molar-refractivity contribution in [3.05, 3.63) is 29.8 Å². The molecule has 0 bridgehead atoms. The van der Waals surface area contributed by atoms with Gasteiger partial charge in [-0.2, -0.15) is 0 Å². The predicted octanol–water partition coefficient (Wildman–Crippen LogP) is 1.63. The molecular weight excluding hydrogens is 174 g/mol. The Morgan fingerprint density at radius 3 is 2.36 bits per heavy atom. The van der Waals surface area contributed by atoms with Crippen molar-refractivity contribution in [2.75, 3.05) is 19.0 Å². The molecule has 0 aliphatic carbocycles. The second-order valence-corrected chi connectivity index (χ2v) is 3.16. The van der Waals surface area contributed by atoms with Crippen LogP contribution in [0.2, 0.25) is 0 Å². The van der Waals surface area contributed by atoms with E-state index in [-0.39, 0.29) is 0 Å². The zero-order valence-corrected chi connectivity index (χ0v) is 8.99. The van der Waals surface area contributed by atoms with Crippen molar-refractivity contribution in [1.82, 2.24) is 0 Å². The van der Waals surface area contributed by atoms with Gasteiger partial charge in [0.25, 0.3) is 0 Å². The summed E-state index contributed by atoms with van der Waals surface area (Å²) in [6.45, 7) is 2.14. The number of hydrogen-bond donors (Lipinski definition) is 1. The van der Waals surface area contributed by atoms with Gasteiger partial charge in [0.05, 0.1) is 0 Å². The van der Waals surface area contributed by atoms with Crippen LogP contribution in [0.25, 0.3) is 0 Å². The molecule has 1 aromatic carbocycles. The first kappa shape index (κ1) is 10.6. The summed E-state index contributed by atoms with van der Waals surface area (Å²) in [5.41, 5.74) is 8.08. The van der Waals surface area contributed by atoms with Crippen molar-refractivity contribution < 1.29 is 0 Å². The van der Waals surface area contributed by atoms with Gasteiger partial charge in [0, 0.05) is 19.8 Å². The Morgan fingerprint density at radius 1 is 1.36 bits per heavy atom. The van der Waals surface area contributed by atoms with Crippen LogP contribution in [0.3, 0.4) is 0 Å². The van der Waals surface area contributed by atoms with Gasteiger partial charge in [-0.05, 0) is 24.1 Å². The third-order valence-corrected chi connectivity index (χ3v) is 2.30. The molecule has 14 heavy (non-hydrogen) atoms. The molecule has 76 valence electrons. The fourth-order valence-corrected chi connectivity index (χ4v) is 1.24. The lowest BCUT2D eigenvalue weighted by atomic mass is 10.1. The molecule has 0 saturated heterocycles. The molecule has 0 aromatic heterocycles. The summed E-state index contributed by atoms with van der Waals surface area (Å²) in [4.78, 5) is 5.79. The Bertz CT molecular complexity index is 314. The van der Waals surface area contributed by atoms with Crippen molar-refractivity contribution in [2.24, 2.45) is 10.7 Å². The average Bonchev–Trinajstić information content (AvgIpc) is 2.27. The van der Waals surface area contributed by atoms with E-state index < -0.39 is 0 Å². The van der Waals surface area contributed by atoms with Crippen LogP contribution in [0.15, 0.2) is 29.3 Å². The first-order chi connectivity index (χ1) is 6.69. The van der Waals surface area contributed by atoms with Gasteiger partial charge in [-0.3, -0.25) is 4.99 Å². The highest BCUT2D eigenvalue weighted by Gasteiger charge is 2.02. The predicted molar refractivity (Wildman–Crippen MR) is 61.8 cm³/mol. The van der Waals surface area contributed by atoms with Crippen LogP contribution in [-0.4, -0.2) is 20.1 Å². The molecule has 2 N–H and O–H groups in total. The monoisotopic (exact) mass is 191 g/mol. The van der Waals surface area contributed by atoms with Crippen molar-refractivity contribution in [1.29, 1.82) is 0 Å². The maximum atomic E-state index is 5.69. The van der Waals surface area contributed by atoms with E-state index in [2.05, 4.69) is 36.2 Å². The van der Waals surface area contributed by atoms with Crippen molar-refractivity contribution in [2.45, 2.75) is 13.3 Å². The van der Waals surface area contributed by atoms with E-state index in [0.717, 1.165) is 12.1 Å². The smallest absolute Gasteiger partial charge is 0.195 e. The van der Waals surface area contributed by atoms with E-state index in [1.807, 2.05) is 11.9 Å². The first-order valence-corrected chi connectivity index (χ1v) is 4.74. The summed E-state index contributed by atoms with van der Waals surface area (Å²) in [6.07, 6.45) is 1.06. The van der Waals surface area contributed by atoms with Gasteiger partial charge >= 0.3 is 0 Å². The summed E-state index contributed by atoms with van der Waals surface area (Å²) >= 11 is 0. The van der Waals surface area contributed by atoms with Gasteiger partial charge in [-0.1, -0.05) is 19.1 Å². The van der Waals surface area contributed by atoms with Gasteiger partial charge in [0.15, 0.2) is 5.96 Å². The van der Waals surface area contributed by atoms with E-state index in [9.17, 15) is 0 Å². The third-order valence-electron chi connectivity index (χ3n) is 2.30. The van der Waals surface area contributed by atoms with Crippen LogP contribution in [0.5, 0.6) is 0 Å². The molecule has 0 amide bonds. The maximum Gasteiger partial charge on any atom is 0.195 e. The average molecular weight is 191 g/mol. The normalized spacial score (nSPS) is 11.5. The molecule has 1 aromatic rings. The Morgan fingerprint density at radius 2 is 1.93 bits per heavy atom. The second-order valence-electron chi connectivity index (χ2n) is 3.16. The molecule has 0 atom stereocenters. The molecule has 0 saturated carbocycles. The maximum absolute atomic E-state index is 5.69. The highest BCUT2D eigenvalue weighted by molar-refractivity contribution is 5.94. The number of nitrogens with zero attached hydrogens (tertiary/aromatic N) is 2. The lowest BCUT2D eigenvalue weighted by Gasteiger charge is -2.17. The molecule has 0 heterocycles. The standard InChI is InChI=1S/C11H17N3/c1-4-9-5-7-10(8-6-9)14(3)11(12)13-2/h5-8H,4H2,1-3H3,(H2,12,13). The number of aryl methyl sites for hydroxylation is 1. The molecule has 0 radical (unpaired) electrons. The van der Waals surface area contributed by atoms with Gasteiger partial charge in [-0.15, -0.1) is 0 Å². The zero-order chi connectivity index (χ0) is 10.6. The lowest BCUT2D eigenvalue weighted by molar-refractivity contribution is 1.13. The summed E-state index contributed by atoms with van der Waals surface area (Å²) in [7, 11) is 3.59. The van der Waals surface area contributed by atoms with Crippen LogP contribution in [0, 0.1) is 0 Å². The quantitative estimate of drug-likeness (QED) is 0.570. The Kier molecular flexibility index (Phi) is 3.51. The third kappa shape index (κ3) is 2.25. The highest BCUT2D eigenvalue weighted by Crippen LogP contribution is 2.13. The highest BCUT2D eigenvalue weighted by atomic mass is 15.2. The molecule has 0 unspecified atom stereocenters. The summed E-state index contributed by atoms with van der Waals surface area (Å²) in [6, 6.07) is 8.32.